The molecule has 1 heterocycles. The average molecular weight is 329 g/mol. The zero-order valence-electron chi connectivity index (χ0n) is 13.6. The van der Waals surface area contributed by atoms with E-state index in [4.69, 9.17) is 0 Å². The molecular weight excluding hydrogens is 304 g/mol. The molecule has 1 aromatic rings. The highest BCUT2D eigenvalue weighted by Crippen LogP contribution is 2.25. The minimum Gasteiger partial charge on any atom is -0.393 e. The van der Waals surface area contributed by atoms with Crippen molar-refractivity contribution < 1.29 is 18.7 Å². The van der Waals surface area contributed by atoms with Crippen LogP contribution in [0.15, 0.2) is 6.20 Å². The van der Waals surface area contributed by atoms with Gasteiger partial charge in [0, 0.05) is 13.1 Å². The van der Waals surface area contributed by atoms with Crippen molar-refractivity contribution in [2.75, 3.05) is 6.54 Å². The molecule has 2 unspecified atom stereocenters. The molecule has 1 aliphatic carbocycles. The summed E-state index contributed by atoms with van der Waals surface area (Å²) < 4.78 is 27.8. The van der Waals surface area contributed by atoms with Crippen molar-refractivity contribution in [1.82, 2.24) is 15.1 Å². The fourth-order valence-electron chi connectivity index (χ4n) is 3.07. The van der Waals surface area contributed by atoms with E-state index < -0.39 is 12.3 Å². The number of carbonyl (C=O) groups excluding carboxylic acids is 1. The Bertz CT molecular complexity index is 531. The molecule has 0 aromatic carbocycles. The van der Waals surface area contributed by atoms with Crippen molar-refractivity contribution in [2.24, 2.45) is 11.8 Å². The van der Waals surface area contributed by atoms with Gasteiger partial charge in [-0.2, -0.15) is 5.10 Å². The second-order valence-electron chi connectivity index (χ2n) is 6.72. The first kappa shape index (κ1) is 17.8. The van der Waals surface area contributed by atoms with E-state index in [0.29, 0.717) is 19.5 Å². The van der Waals surface area contributed by atoms with Crippen molar-refractivity contribution in [2.45, 2.75) is 58.6 Å². The lowest BCUT2D eigenvalue weighted by Crippen LogP contribution is -2.33. The van der Waals surface area contributed by atoms with Crippen molar-refractivity contribution in [3.8, 4) is 0 Å². The summed E-state index contributed by atoms with van der Waals surface area (Å²) in [5.74, 6) is -0.161. The Labute approximate surface area is 135 Å². The average Bonchev–Trinajstić information content (AvgIpc) is 2.88. The van der Waals surface area contributed by atoms with Gasteiger partial charge in [-0.25, -0.2) is 8.78 Å². The van der Waals surface area contributed by atoms with Crippen molar-refractivity contribution in [3.63, 3.8) is 0 Å². The van der Waals surface area contributed by atoms with Crippen LogP contribution in [0.2, 0.25) is 0 Å². The molecule has 1 fully saturated rings. The monoisotopic (exact) mass is 329 g/mol. The Balaban J connectivity index is 2.02. The SMILES string of the molecule is CC(C)Cn1ncc(C(=O)NCC2CCCC(O)C2)c1C(F)F. The maximum absolute atomic E-state index is 13.3. The number of carbonyl (C=O) groups is 1. The smallest absolute Gasteiger partial charge is 0.280 e. The number of rotatable bonds is 6. The lowest BCUT2D eigenvalue weighted by Gasteiger charge is -2.25. The molecule has 1 saturated carbocycles. The van der Waals surface area contributed by atoms with E-state index in [1.807, 2.05) is 13.8 Å². The summed E-state index contributed by atoms with van der Waals surface area (Å²) in [6, 6.07) is 0. The molecule has 0 spiro atoms. The van der Waals surface area contributed by atoms with Crippen LogP contribution >= 0.6 is 0 Å². The molecule has 7 heteroatoms. The van der Waals surface area contributed by atoms with Gasteiger partial charge in [0.2, 0.25) is 0 Å². The van der Waals surface area contributed by atoms with Gasteiger partial charge in [-0.15, -0.1) is 0 Å². The molecule has 0 aliphatic heterocycles. The number of alkyl halides is 2. The molecule has 0 saturated heterocycles. The minimum atomic E-state index is -2.74. The third kappa shape index (κ3) is 4.73. The maximum atomic E-state index is 13.3. The summed E-state index contributed by atoms with van der Waals surface area (Å²) in [4.78, 5) is 12.2. The number of aliphatic hydroxyl groups excluding tert-OH is 1. The van der Waals surface area contributed by atoms with Gasteiger partial charge in [0.1, 0.15) is 5.69 Å². The third-order valence-electron chi connectivity index (χ3n) is 4.18. The molecule has 2 atom stereocenters. The summed E-state index contributed by atoms with van der Waals surface area (Å²) >= 11 is 0. The number of hydrogen-bond donors (Lipinski definition) is 2. The number of halogens is 2. The van der Waals surface area contributed by atoms with E-state index in [-0.39, 0.29) is 29.2 Å². The molecule has 1 aromatic heterocycles. The van der Waals surface area contributed by atoms with E-state index in [1.54, 1.807) is 0 Å². The summed E-state index contributed by atoms with van der Waals surface area (Å²) in [7, 11) is 0. The van der Waals surface area contributed by atoms with Gasteiger partial charge in [-0.3, -0.25) is 9.48 Å². The second-order valence-corrected chi connectivity index (χ2v) is 6.72. The molecule has 1 amide bonds. The van der Waals surface area contributed by atoms with Crippen molar-refractivity contribution in [3.05, 3.63) is 17.5 Å². The summed E-state index contributed by atoms with van der Waals surface area (Å²) in [5, 5.41) is 16.3. The van der Waals surface area contributed by atoms with Gasteiger partial charge in [-0.05, 0) is 31.1 Å². The molecule has 2 rings (SSSR count). The zero-order valence-corrected chi connectivity index (χ0v) is 13.6. The Hall–Kier alpha value is -1.50. The highest BCUT2D eigenvalue weighted by atomic mass is 19.3. The van der Waals surface area contributed by atoms with E-state index in [2.05, 4.69) is 10.4 Å². The van der Waals surface area contributed by atoms with E-state index in [1.165, 1.54) is 10.9 Å². The largest absolute Gasteiger partial charge is 0.393 e. The van der Waals surface area contributed by atoms with Crippen LogP contribution in [0.5, 0.6) is 0 Å². The first-order valence-corrected chi connectivity index (χ1v) is 8.18. The number of aliphatic hydroxyl groups is 1. The van der Waals surface area contributed by atoms with Crippen LogP contribution in [0.1, 0.15) is 62.0 Å². The number of nitrogens with one attached hydrogen (secondary N) is 1. The van der Waals surface area contributed by atoms with Crippen molar-refractivity contribution in [1.29, 1.82) is 0 Å². The van der Waals surface area contributed by atoms with Gasteiger partial charge in [0.15, 0.2) is 0 Å². The predicted octanol–water partition coefficient (Wildman–Crippen LogP) is 2.76. The lowest BCUT2D eigenvalue weighted by atomic mass is 9.87. The van der Waals surface area contributed by atoms with Crippen LogP contribution in [-0.4, -0.2) is 33.4 Å². The van der Waals surface area contributed by atoms with Gasteiger partial charge in [0.25, 0.3) is 12.3 Å². The van der Waals surface area contributed by atoms with E-state index in [0.717, 1.165) is 19.3 Å². The number of hydrogen-bond acceptors (Lipinski definition) is 3. The third-order valence-corrected chi connectivity index (χ3v) is 4.18. The quantitative estimate of drug-likeness (QED) is 0.843. The van der Waals surface area contributed by atoms with Crippen LogP contribution < -0.4 is 5.32 Å². The van der Waals surface area contributed by atoms with Crippen LogP contribution in [0, 0.1) is 11.8 Å². The molecule has 23 heavy (non-hydrogen) atoms. The highest BCUT2D eigenvalue weighted by molar-refractivity contribution is 5.95. The van der Waals surface area contributed by atoms with Crippen LogP contribution in [-0.2, 0) is 6.54 Å². The Morgan fingerprint density at radius 2 is 2.22 bits per heavy atom. The fourth-order valence-corrected chi connectivity index (χ4v) is 3.07. The molecule has 2 N–H and O–H groups in total. The van der Waals surface area contributed by atoms with Crippen LogP contribution in [0.25, 0.3) is 0 Å². The van der Waals surface area contributed by atoms with Crippen LogP contribution in [0.3, 0.4) is 0 Å². The molecule has 1 aliphatic rings. The molecule has 130 valence electrons. The van der Waals surface area contributed by atoms with Gasteiger partial charge >= 0.3 is 0 Å². The van der Waals surface area contributed by atoms with Gasteiger partial charge in [0.05, 0.1) is 17.9 Å². The first-order chi connectivity index (χ1) is 10.9. The molecule has 0 bridgehead atoms. The highest BCUT2D eigenvalue weighted by Gasteiger charge is 2.26. The Kier molecular flexibility index (Phi) is 6.10. The van der Waals surface area contributed by atoms with Crippen LogP contribution in [0.4, 0.5) is 8.78 Å². The normalized spacial score (nSPS) is 21.9. The fraction of sp³-hybridized carbons (Fsp3) is 0.750. The molecular formula is C16H25F2N3O2. The van der Waals surface area contributed by atoms with E-state index in [9.17, 15) is 18.7 Å². The number of amides is 1. The summed E-state index contributed by atoms with van der Waals surface area (Å²) in [6.07, 6.45) is 1.46. The standard InChI is InChI=1S/C16H25F2N3O2/c1-10(2)9-21-14(15(17)18)13(8-20-21)16(23)19-7-11-4-3-5-12(22)6-11/h8,10-12,15,22H,3-7,9H2,1-2H3,(H,19,23). The first-order valence-electron chi connectivity index (χ1n) is 8.18. The maximum Gasteiger partial charge on any atom is 0.280 e. The van der Waals surface area contributed by atoms with Gasteiger partial charge in [-0.1, -0.05) is 20.3 Å². The predicted molar refractivity (Wildman–Crippen MR) is 82.3 cm³/mol. The number of nitrogens with zero attached hydrogens (tertiary/aromatic N) is 2. The zero-order chi connectivity index (χ0) is 17.0. The second kappa shape index (κ2) is 7.86. The Morgan fingerprint density at radius 3 is 2.83 bits per heavy atom. The topological polar surface area (TPSA) is 67.2 Å². The minimum absolute atomic E-state index is 0.0583. The summed E-state index contributed by atoms with van der Waals surface area (Å²) in [6.45, 7) is 4.56. The van der Waals surface area contributed by atoms with E-state index >= 15 is 0 Å². The Morgan fingerprint density at radius 1 is 1.48 bits per heavy atom. The van der Waals surface area contributed by atoms with Crippen molar-refractivity contribution >= 4 is 5.91 Å². The summed E-state index contributed by atoms with van der Waals surface area (Å²) in [5.41, 5.74) is -0.378. The van der Waals surface area contributed by atoms with Gasteiger partial charge < -0.3 is 10.4 Å². The molecule has 0 radical (unpaired) electrons. The molecule has 5 nitrogen and oxygen atoms in total. The lowest BCUT2D eigenvalue weighted by molar-refractivity contribution is 0.0863. The number of aromatic nitrogens is 2.